The number of hydrogen-bond acceptors (Lipinski definition) is 3. The van der Waals surface area contributed by atoms with Crippen molar-refractivity contribution in [1.82, 2.24) is 10.3 Å². The van der Waals surface area contributed by atoms with Crippen LogP contribution in [0.1, 0.15) is 26.0 Å². The fourth-order valence-electron chi connectivity index (χ4n) is 2.33. The van der Waals surface area contributed by atoms with E-state index >= 15 is 0 Å². The first kappa shape index (κ1) is 13.8. The molecule has 1 aromatic heterocycles. The molecule has 1 heterocycles. The van der Waals surface area contributed by atoms with Crippen molar-refractivity contribution in [2.45, 2.75) is 26.8 Å². The van der Waals surface area contributed by atoms with Gasteiger partial charge in [0.1, 0.15) is 0 Å². The van der Waals surface area contributed by atoms with Gasteiger partial charge < -0.3 is 10.2 Å². The molecule has 1 aromatic carbocycles. The molecule has 19 heavy (non-hydrogen) atoms. The average Bonchev–Trinajstić information content (AvgIpc) is 2.44. The summed E-state index contributed by atoms with van der Waals surface area (Å²) in [4.78, 5) is 7.05. The van der Waals surface area contributed by atoms with Crippen molar-refractivity contribution in [3.05, 3.63) is 36.0 Å². The van der Waals surface area contributed by atoms with Gasteiger partial charge in [-0.2, -0.15) is 0 Å². The molecule has 0 spiro atoms. The minimum Gasteiger partial charge on any atom is -0.374 e. The first-order chi connectivity index (χ1) is 9.26. The Morgan fingerprint density at radius 1 is 1.21 bits per heavy atom. The lowest BCUT2D eigenvalue weighted by molar-refractivity contribution is 0.712. The smallest absolute Gasteiger partial charge is 0.0726 e. The van der Waals surface area contributed by atoms with Crippen molar-refractivity contribution in [1.29, 1.82) is 0 Å². The van der Waals surface area contributed by atoms with Crippen molar-refractivity contribution in [3.8, 4) is 0 Å². The third-order valence-electron chi connectivity index (χ3n) is 3.27. The fraction of sp³-hybridized carbons (Fsp3) is 0.438. The second-order valence-electron chi connectivity index (χ2n) is 4.85. The van der Waals surface area contributed by atoms with Gasteiger partial charge in [0.15, 0.2) is 0 Å². The number of nitrogens with zero attached hydrogens (tertiary/aromatic N) is 2. The molecule has 0 bridgehead atoms. The summed E-state index contributed by atoms with van der Waals surface area (Å²) >= 11 is 0. The topological polar surface area (TPSA) is 28.2 Å². The largest absolute Gasteiger partial charge is 0.374 e. The number of para-hydroxylation sites is 1. The quantitative estimate of drug-likeness (QED) is 0.861. The molecule has 3 heteroatoms. The highest BCUT2D eigenvalue weighted by molar-refractivity contribution is 5.91. The van der Waals surface area contributed by atoms with Crippen LogP contribution in [0.25, 0.3) is 10.9 Å². The van der Waals surface area contributed by atoms with Crippen molar-refractivity contribution in [2.24, 2.45) is 0 Å². The van der Waals surface area contributed by atoms with E-state index in [0.717, 1.165) is 37.3 Å². The molecule has 102 valence electrons. The standard InChI is InChI=1S/C16H23N3/c1-4-10-19(3)16-11-13(12-17-5-2)18-15-9-7-6-8-14(15)16/h6-9,11,17H,4-5,10,12H2,1-3H3. The van der Waals surface area contributed by atoms with E-state index in [1.807, 2.05) is 0 Å². The van der Waals surface area contributed by atoms with E-state index in [4.69, 9.17) is 4.98 Å². The normalized spacial score (nSPS) is 10.9. The van der Waals surface area contributed by atoms with Crippen LogP contribution in [0.3, 0.4) is 0 Å². The number of benzene rings is 1. The Labute approximate surface area is 115 Å². The molecule has 0 fully saturated rings. The number of aromatic nitrogens is 1. The minimum absolute atomic E-state index is 0.828. The van der Waals surface area contributed by atoms with E-state index in [-0.39, 0.29) is 0 Å². The summed E-state index contributed by atoms with van der Waals surface area (Å²) in [7, 11) is 2.16. The van der Waals surface area contributed by atoms with Gasteiger partial charge in [-0.05, 0) is 25.1 Å². The van der Waals surface area contributed by atoms with Gasteiger partial charge in [0.05, 0.1) is 11.2 Å². The minimum atomic E-state index is 0.828. The van der Waals surface area contributed by atoms with Crippen LogP contribution in [0.4, 0.5) is 5.69 Å². The zero-order valence-corrected chi connectivity index (χ0v) is 12.1. The van der Waals surface area contributed by atoms with Crippen molar-refractivity contribution in [3.63, 3.8) is 0 Å². The van der Waals surface area contributed by atoms with Crippen LogP contribution in [-0.4, -0.2) is 25.1 Å². The number of anilines is 1. The zero-order valence-electron chi connectivity index (χ0n) is 12.1. The zero-order chi connectivity index (χ0) is 13.7. The molecular weight excluding hydrogens is 234 g/mol. The van der Waals surface area contributed by atoms with Gasteiger partial charge in [-0.25, -0.2) is 0 Å². The molecule has 0 saturated carbocycles. The number of pyridine rings is 1. The monoisotopic (exact) mass is 257 g/mol. The first-order valence-electron chi connectivity index (χ1n) is 7.06. The average molecular weight is 257 g/mol. The Morgan fingerprint density at radius 2 is 2.00 bits per heavy atom. The molecule has 1 N–H and O–H groups in total. The van der Waals surface area contributed by atoms with E-state index in [1.54, 1.807) is 0 Å². The highest BCUT2D eigenvalue weighted by atomic mass is 15.1. The number of nitrogens with one attached hydrogen (secondary N) is 1. The molecule has 0 atom stereocenters. The van der Waals surface area contributed by atoms with Crippen LogP contribution in [0.5, 0.6) is 0 Å². The van der Waals surface area contributed by atoms with Crippen LogP contribution in [0.15, 0.2) is 30.3 Å². The van der Waals surface area contributed by atoms with Gasteiger partial charge in [-0.1, -0.05) is 32.0 Å². The molecule has 0 radical (unpaired) electrons. The summed E-state index contributed by atoms with van der Waals surface area (Å²) < 4.78 is 0. The summed E-state index contributed by atoms with van der Waals surface area (Å²) in [6, 6.07) is 10.6. The molecule has 0 unspecified atom stereocenters. The lowest BCUT2D eigenvalue weighted by atomic mass is 10.1. The number of hydrogen-bond donors (Lipinski definition) is 1. The Bertz CT molecular complexity index is 537. The van der Waals surface area contributed by atoms with Gasteiger partial charge in [0.2, 0.25) is 0 Å². The second kappa shape index (κ2) is 6.53. The highest BCUT2D eigenvalue weighted by Gasteiger charge is 2.08. The van der Waals surface area contributed by atoms with Gasteiger partial charge in [-0.15, -0.1) is 0 Å². The molecule has 2 aromatic rings. The molecule has 2 rings (SSSR count). The summed E-state index contributed by atoms with van der Waals surface area (Å²) in [6.45, 7) is 7.18. The fourth-order valence-corrected chi connectivity index (χ4v) is 2.33. The Kier molecular flexibility index (Phi) is 4.74. The summed E-state index contributed by atoms with van der Waals surface area (Å²) in [6.07, 6.45) is 1.15. The van der Waals surface area contributed by atoms with E-state index in [0.29, 0.717) is 0 Å². The number of rotatable bonds is 6. The first-order valence-corrected chi connectivity index (χ1v) is 7.06. The lowest BCUT2D eigenvalue weighted by Gasteiger charge is -2.21. The molecule has 0 amide bonds. The Morgan fingerprint density at radius 3 is 2.74 bits per heavy atom. The van der Waals surface area contributed by atoms with Gasteiger partial charge >= 0.3 is 0 Å². The van der Waals surface area contributed by atoms with Crippen LogP contribution < -0.4 is 10.2 Å². The van der Waals surface area contributed by atoms with E-state index in [1.165, 1.54) is 11.1 Å². The maximum absolute atomic E-state index is 4.73. The molecule has 0 saturated heterocycles. The summed E-state index contributed by atoms with van der Waals surface area (Å²) in [5, 5.41) is 4.58. The third kappa shape index (κ3) is 3.24. The van der Waals surface area contributed by atoms with Crippen molar-refractivity contribution in [2.75, 3.05) is 25.0 Å². The molecular formula is C16H23N3. The van der Waals surface area contributed by atoms with Crippen LogP contribution in [0, 0.1) is 0 Å². The molecule has 0 aliphatic rings. The van der Waals surface area contributed by atoms with E-state index in [9.17, 15) is 0 Å². The SMILES string of the molecule is CCCN(C)c1cc(CNCC)nc2ccccc12. The van der Waals surface area contributed by atoms with Crippen molar-refractivity contribution >= 4 is 16.6 Å². The van der Waals surface area contributed by atoms with E-state index in [2.05, 4.69) is 61.4 Å². The Balaban J connectivity index is 2.45. The van der Waals surface area contributed by atoms with Crippen molar-refractivity contribution < 1.29 is 0 Å². The summed E-state index contributed by atoms with van der Waals surface area (Å²) in [5.41, 5.74) is 3.47. The molecule has 0 aliphatic heterocycles. The van der Waals surface area contributed by atoms with Crippen LogP contribution in [0.2, 0.25) is 0 Å². The summed E-state index contributed by atoms with van der Waals surface area (Å²) in [5.74, 6) is 0. The number of fused-ring (bicyclic) bond motifs is 1. The van der Waals surface area contributed by atoms with Crippen LogP contribution >= 0.6 is 0 Å². The second-order valence-corrected chi connectivity index (χ2v) is 4.85. The van der Waals surface area contributed by atoms with Gasteiger partial charge in [0, 0.05) is 31.2 Å². The van der Waals surface area contributed by atoms with Gasteiger partial charge in [0.25, 0.3) is 0 Å². The van der Waals surface area contributed by atoms with Gasteiger partial charge in [-0.3, -0.25) is 4.98 Å². The molecule has 3 nitrogen and oxygen atoms in total. The highest BCUT2D eigenvalue weighted by Crippen LogP contribution is 2.26. The van der Waals surface area contributed by atoms with E-state index < -0.39 is 0 Å². The maximum atomic E-state index is 4.73. The molecule has 0 aliphatic carbocycles. The predicted octanol–water partition coefficient (Wildman–Crippen LogP) is 3.19. The Hall–Kier alpha value is -1.61. The third-order valence-corrected chi connectivity index (χ3v) is 3.27. The predicted molar refractivity (Wildman–Crippen MR) is 82.7 cm³/mol. The van der Waals surface area contributed by atoms with Crippen LogP contribution in [-0.2, 0) is 6.54 Å². The lowest BCUT2D eigenvalue weighted by Crippen LogP contribution is -2.19. The maximum Gasteiger partial charge on any atom is 0.0726 e.